The van der Waals surface area contributed by atoms with Crippen LogP contribution >= 0.6 is 11.8 Å². The number of allylic oxidation sites excluding steroid dienone is 2. The fraction of sp³-hybridized carbons (Fsp3) is 0.286. The highest BCUT2D eigenvalue weighted by atomic mass is 32.2. The molecule has 0 spiro atoms. The Morgan fingerprint density at radius 1 is 0.913 bits per heavy atom. The lowest BCUT2D eigenvalue weighted by molar-refractivity contribution is -0.115. The number of benzene rings is 2. The first-order chi connectivity index (χ1) is 11.3. The highest BCUT2D eigenvalue weighted by Gasteiger charge is 2.17. The van der Waals surface area contributed by atoms with Gasteiger partial charge in [-0.05, 0) is 36.5 Å². The first-order valence-corrected chi connectivity index (χ1v) is 9.29. The van der Waals surface area contributed by atoms with Crippen LogP contribution in [0.15, 0.2) is 72.3 Å². The minimum atomic E-state index is 0.297. The molecule has 0 amide bonds. The second kappa shape index (κ2) is 8.16. The molecule has 0 radical (unpaired) electrons. The standard InChI is InChI=1S/C21H22OS/c22-20-13-7-10-18(14-20)15-21(19-11-5-2-6-12-19)23-16-17-8-3-1-4-9-17/h1-6,8-9,11-12,14,21H,7,10,13,15-16H2/t21-/m1/s1. The van der Waals surface area contributed by atoms with Crippen LogP contribution in [-0.4, -0.2) is 5.78 Å². The molecule has 0 saturated heterocycles. The minimum absolute atomic E-state index is 0.297. The Kier molecular flexibility index (Phi) is 5.71. The van der Waals surface area contributed by atoms with Gasteiger partial charge in [0, 0.05) is 17.4 Å². The molecule has 0 bridgehead atoms. The summed E-state index contributed by atoms with van der Waals surface area (Å²) in [6, 6.07) is 21.3. The summed E-state index contributed by atoms with van der Waals surface area (Å²) in [6.07, 6.45) is 5.67. The predicted molar refractivity (Wildman–Crippen MR) is 98.5 cm³/mol. The fourth-order valence-electron chi connectivity index (χ4n) is 2.97. The van der Waals surface area contributed by atoms with Crippen LogP contribution in [0.5, 0.6) is 0 Å². The summed E-state index contributed by atoms with van der Waals surface area (Å²) in [6.45, 7) is 0. The normalized spacial score (nSPS) is 16.0. The van der Waals surface area contributed by atoms with Crippen molar-refractivity contribution >= 4 is 17.5 Å². The molecule has 1 atom stereocenters. The van der Waals surface area contributed by atoms with Gasteiger partial charge in [-0.15, -0.1) is 11.8 Å². The maximum absolute atomic E-state index is 11.7. The van der Waals surface area contributed by atoms with Crippen molar-refractivity contribution in [1.82, 2.24) is 0 Å². The zero-order chi connectivity index (χ0) is 15.9. The summed E-state index contributed by atoms with van der Waals surface area (Å²) < 4.78 is 0. The molecule has 0 fully saturated rings. The number of thioether (sulfide) groups is 1. The second-order valence-electron chi connectivity index (χ2n) is 6.02. The van der Waals surface area contributed by atoms with E-state index in [1.807, 2.05) is 17.8 Å². The van der Waals surface area contributed by atoms with E-state index in [2.05, 4.69) is 60.7 Å². The lowest BCUT2D eigenvalue weighted by Gasteiger charge is -2.21. The molecule has 2 aromatic carbocycles. The number of rotatable bonds is 6. The van der Waals surface area contributed by atoms with Gasteiger partial charge in [-0.25, -0.2) is 0 Å². The van der Waals surface area contributed by atoms with Crippen LogP contribution in [-0.2, 0) is 10.5 Å². The van der Waals surface area contributed by atoms with Crippen molar-refractivity contribution in [3.63, 3.8) is 0 Å². The van der Waals surface area contributed by atoms with Gasteiger partial charge in [0.2, 0.25) is 0 Å². The van der Waals surface area contributed by atoms with E-state index in [-0.39, 0.29) is 0 Å². The van der Waals surface area contributed by atoms with Crippen LogP contribution in [0, 0.1) is 0 Å². The molecule has 1 nitrogen and oxygen atoms in total. The molecule has 1 aliphatic rings. The molecule has 0 heterocycles. The van der Waals surface area contributed by atoms with E-state index in [1.54, 1.807) is 0 Å². The van der Waals surface area contributed by atoms with Crippen molar-refractivity contribution in [2.75, 3.05) is 0 Å². The zero-order valence-electron chi connectivity index (χ0n) is 13.3. The molecule has 2 heteroatoms. The van der Waals surface area contributed by atoms with Gasteiger partial charge in [-0.3, -0.25) is 4.79 Å². The number of hydrogen-bond acceptors (Lipinski definition) is 2. The largest absolute Gasteiger partial charge is 0.295 e. The smallest absolute Gasteiger partial charge is 0.155 e. The molecule has 23 heavy (non-hydrogen) atoms. The van der Waals surface area contributed by atoms with Crippen molar-refractivity contribution in [1.29, 1.82) is 0 Å². The topological polar surface area (TPSA) is 17.1 Å². The molecule has 0 aromatic heterocycles. The Hall–Kier alpha value is -1.80. The van der Waals surface area contributed by atoms with Crippen LogP contribution in [0.4, 0.5) is 0 Å². The van der Waals surface area contributed by atoms with Crippen LogP contribution in [0.25, 0.3) is 0 Å². The van der Waals surface area contributed by atoms with Crippen molar-refractivity contribution < 1.29 is 4.79 Å². The highest BCUT2D eigenvalue weighted by Crippen LogP contribution is 2.38. The summed E-state index contributed by atoms with van der Waals surface area (Å²) >= 11 is 1.97. The summed E-state index contributed by atoms with van der Waals surface area (Å²) in [5.74, 6) is 1.30. The number of carbonyl (C=O) groups excluding carboxylic acids is 1. The van der Waals surface area contributed by atoms with E-state index < -0.39 is 0 Å². The molecule has 0 N–H and O–H groups in total. The average Bonchev–Trinajstić information content (AvgIpc) is 2.60. The van der Waals surface area contributed by atoms with Crippen LogP contribution in [0.1, 0.15) is 42.1 Å². The molecule has 0 saturated carbocycles. The molecule has 3 rings (SSSR count). The summed E-state index contributed by atoms with van der Waals surface area (Å²) in [5.41, 5.74) is 4.02. The number of ketones is 1. The quantitative estimate of drug-likeness (QED) is 0.675. The van der Waals surface area contributed by atoms with E-state index in [1.165, 1.54) is 16.7 Å². The maximum Gasteiger partial charge on any atom is 0.155 e. The van der Waals surface area contributed by atoms with E-state index >= 15 is 0 Å². The predicted octanol–water partition coefficient (Wildman–Crippen LogP) is 5.73. The van der Waals surface area contributed by atoms with Gasteiger partial charge in [-0.2, -0.15) is 0 Å². The number of carbonyl (C=O) groups is 1. The molecular weight excluding hydrogens is 300 g/mol. The first kappa shape index (κ1) is 16.1. The fourth-order valence-corrected chi connectivity index (χ4v) is 4.24. The van der Waals surface area contributed by atoms with Crippen LogP contribution in [0.3, 0.4) is 0 Å². The summed E-state index contributed by atoms with van der Waals surface area (Å²) in [5, 5.41) is 0.411. The summed E-state index contributed by atoms with van der Waals surface area (Å²) in [7, 11) is 0. The second-order valence-corrected chi connectivity index (χ2v) is 7.21. The van der Waals surface area contributed by atoms with Crippen molar-refractivity contribution in [2.45, 2.75) is 36.7 Å². The molecule has 0 aliphatic heterocycles. The lowest BCUT2D eigenvalue weighted by atomic mass is 9.93. The van der Waals surface area contributed by atoms with E-state index in [0.717, 1.165) is 31.4 Å². The Morgan fingerprint density at radius 3 is 2.30 bits per heavy atom. The Morgan fingerprint density at radius 2 is 1.61 bits per heavy atom. The Bertz CT molecular complexity index is 661. The van der Waals surface area contributed by atoms with Crippen molar-refractivity contribution in [3.8, 4) is 0 Å². The van der Waals surface area contributed by atoms with Crippen LogP contribution < -0.4 is 0 Å². The summed E-state index contributed by atoms with van der Waals surface area (Å²) in [4.78, 5) is 11.7. The Balaban J connectivity index is 1.73. The van der Waals surface area contributed by atoms with Gasteiger partial charge in [-0.1, -0.05) is 66.2 Å². The van der Waals surface area contributed by atoms with Crippen LogP contribution in [0.2, 0.25) is 0 Å². The van der Waals surface area contributed by atoms with E-state index in [4.69, 9.17) is 0 Å². The van der Waals surface area contributed by atoms with Gasteiger partial charge >= 0.3 is 0 Å². The SMILES string of the molecule is O=C1C=C(C[C@@H](SCc2ccccc2)c2ccccc2)CCC1. The van der Waals surface area contributed by atoms with Gasteiger partial charge < -0.3 is 0 Å². The Labute approximate surface area is 142 Å². The van der Waals surface area contributed by atoms with Crippen molar-refractivity contribution in [3.05, 3.63) is 83.4 Å². The number of hydrogen-bond donors (Lipinski definition) is 0. The molecule has 1 aliphatic carbocycles. The lowest BCUT2D eigenvalue weighted by Crippen LogP contribution is -2.05. The molecule has 118 valence electrons. The van der Waals surface area contributed by atoms with Gasteiger partial charge in [0.1, 0.15) is 0 Å². The maximum atomic E-state index is 11.7. The first-order valence-electron chi connectivity index (χ1n) is 8.24. The van der Waals surface area contributed by atoms with Crippen molar-refractivity contribution in [2.24, 2.45) is 0 Å². The minimum Gasteiger partial charge on any atom is -0.295 e. The van der Waals surface area contributed by atoms with Gasteiger partial charge in [0.25, 0.3) is 0 Å². The van der Waals surface area contributed by atoms with Gasteiger partial charge in [0.15, 0.2) is 5.78 Å². The highest BCUT2D eigenvalue weighted by molar-refractivity contribution is 7.98. The monoisotopic (exact) mass is 322 g/mol. The zero-order valence-corrected chi connectivity index (χ0v) is 14.1. The molecule has 2 aromatic rings. The molecule has 0 unspecified atom stereocenters. The third kappa shape index (κ3) is 4.84. The molecular formula is C21H22OS. The van der Waals surface area contributed by atoms with Gasteiger partial charge in [0.05, 0.1) is 0 Å². The third-order valence-electron chi connectivity index (χ3n) is 4.20. The third-order valence-corrected chi connectivity index (χ3v) is 5.54. The van der Waals surface area contributed by atoms with E-state index in [9.17, 15) is 4.79 Å². The average molecular weight is 322 g/mol. The van der Waals surface area contributed by atoms with E-state index in [0.29, 0.717) is 11.0 Å².